The van der Waals surface area contributed by atoms with Crippen molar-refractivity contribution in [2.45, 2.75) is 45.1 Å². The lowest BCUT2D eigenvalue weighted by Crippen LogP contribution is -2.45. The Kier molecular flexibility index (Phi) is 3.11. The average molecular weight is 203 g/mol. The van der Waals surface area contributed by atoms with E-state index in [2.05, 4.69) is 38.1 Å². The molecule has 0 heterocycles. The van der Waals surface area contributed by atoms with Crippen LogP contribution in [0.1, 0.15) is 43.7 Å². The molecule has 2 N–H and O–H groups in total. The highest BCUT2D eigenvalue weighted by Crippen LogP contribution is 2.43. The lowest BCUT2D eigenvalue weighted by molar-refractivity contribution is 0.198. The molecule has 3 atom stereocenters. The zero-order valence-corrected chi connectivity index (χ0v) is 9.74. The number of rotatable bonds is 3. The molecule has 15 heavy (non-hydrogen) atoms. The molecule has 1 aromatic rings. The molecule has 0 bridgehead atoms. The van der Waals surface area contributed by atoms with Gasteiger partial charge in [0.05, 0.1) is 0 Å². The van der Waals surface area contributed by atoms with Crippen LogP contribution in [0.4, 0.5) is 0 Å². The Labute approximate surface area is 92.7 Å². The van der Waals surface area contributed by atoms with E-state index in [9.17, 15) is 0 Å². The van der Waals surface area contributed by atoms with Crippen molar-refractivity contribution in [3.63, 3.8) is 0 Å². The van der Waals surface area contributed by atoms with Gasteiger partial charge in [-0.2, -0.15) is 0 Å². The summed E-state index contributed by atoms with van der Waals surface area (Å²) in [5.41, 5.74) is 8.93. The largest absolute Gasteiger partial charge is 0.327 e. The first-order valence-corrected chi connectivity index (χ1v) is 6.10. The molecule has 1 fully saturated rings. The van der Waals surface area contributed by atoms with Gasteiger partial charge in [0.2, 0.25) is 0 Å². The lowest BCUT2D eigenvalue weighted by Gasteiger charge is -2.42. The average Bonchev–Trinajstić information content (AvgIpc) is 2.26. The monoisotopic (exact) mass is 203 g/mol. The highest BCUT2D eigenvalue weighted by Gasteiger charge is 2.37. The van der Waals surface area contributed by atoms with Crippen molar-refractivity contribution in [3.05, 3.63) is 35.4 Å². The van der Waals surface area contributed by atoms with Crippen molar-refractivity contribution >= 4 is 0 Å². The molecule has 0 aromatic heterocycles. The Bertz CT molecular complexity index is 315. The fraction of sp³-hybridized carbons (Fsp3) is 0.571. The minimum Gasteiger partial charge on any atom is -0.327 e. The quantitative estimate of drug-likeness (QED) is 0.802. The second-order valence-electron chi connectivity index (χ2n) is 4.67. The third kappa shape index (κ3) is 1.93. The summed E-state index contributed by atoms with van der Waals surface area (Å²) in [6.45, 7) is 4.44. The molecule has 3 unspecified atom stereocenters. The van der Waals surface area contributed by atoms with Crippen molar-refractivity contribution in [2.75, 3.05) is 0 Å². The number of nitrogens with two attached hydrogens (primary N) is 1. The highest BCUT2D eigenvalue weighted by atomic mass is 14.7. The number of hydrogen-bond donors (Lipinski definition) is 1. The number of aryl methyl sites for hydroxylation is 1. The molecule has 2 rings (SSSR count). The van der Waals surface area contributed by atoms with Gasteiger partial charge < -0.3 is 5.73 Å². The minimum absolute atomic E-state index is 0.436. The van der Waals surface area contributed by atoms with Crippen LogP contribution in [-0.4, -0.2) is 6.04 Å². The molecule has 0 radical (unpaired) electrons. The summed E-state index contributed by atoms with van der Waals surface area (Å²) in [5, 5.41) is 0. The molecule has 1 aliphatic rings. The first kappa shape index (κ1) is 10.7. The third-order valence-electron chi connectivity index (χ3n) is 3.88. The van der Waals surface area contributed by atoms with E-state index >= 15 is 0 Å². The predicted octanol–water partition coefficient (Wildman–Crippen LogP) is 3.09. The van der Waals surface area contributed by atoms with Crippen LogP contribution >= 0.6 is 0 Å². The van der Waals surface area contributed by atoms with Gasteiger partial charge in [-0.1, -0.05) is 44.5 Å². The van der Waals surface area contributed by atoms with E-state index in [1.807, 2.05) is 0 Å². The van der Waals surface area contributed by atoms with Crippen LogP contribution in [0.3, 0.4) is 0 Å². The van der Waals surface area contributed by atoms with Crippen LogP contribution in [0.15, 0.2) is 24.3 Å². The summed E-state index contributed by atoms with van der Waals surface area (Å²) in [6.07, 6.45) is 3.51. The van der Waals surface area contributed by atoms with Crippen LogP contribution in [0, 0.1) is 5.92 Å². The van der Waals surface area contributed by atoms with Gasteiger partial charge in [-0.3, -0.25) is 0 Å². The van der Waals surface area contributed by atoms with Crippen molar-refractivity contribution in [2.24, 2.45) is 11.7 Å². The predicted molar refractivity (Wildman–Crippen MR) is 64.9 cm³/mol. The molecular formula is C14H21N. The molecule has 1 aromatic carbocycles. The molecule has 1 aliphatic carbocycles. The van der Waals surface area contributed by atoms with E-state index in [-0.39, 0.29) is 0 Å². The molecule has 0 spiro atoms. The lowest BCUT2D eigenvalue weighted by atomic mass is 9.65. The van der Waals surface area contributed by atoms with Gasteiger partial charge in [-0.15, -0.1) is 0 Å². The van der Waals surface area contributed by atoms with Crippen molar-refractivity contribution in [1.29, 1.82) is 0 Å². The van der Waals surface area contributed by atoms with E-state index in [4.69, 9.17) is 5.73 Å². The summed E-state index contributed by atoms with van der Waals surface area (Å²) in [7, 11) is 0. The molecule has 1 nitrogen and oxygen atoms in total. The second kappa shape index (κ2) is 4.36. The van der Waals surface area contributed by atoms with E-state index in [1.54, 1.807) is 0 Å². The second-order valence-corrected chi connectivity index (χ2v) is 4.67. The SMILES string of the molecule is CCc1ccc(C2CC(N)C2CC)cc1. The number of benzene rings is 1. The fourth-order valence-electron chi connectivity index (χ4n) is 2.72. The molecule has 1 saturated carbocycles. The minimum atomic E-state index is 0.436. The molecule has 0 aliphatic heterocycles. The molecule has 0 saturated heterocycles. The van der Waals surface area contributed by atoms with Gasteiger partial charge in [0.25, 0.3) is 0 Å². The Morgan fingerprint density at radius 3 is 2.33 bits per heavy atom. The summed E-state index contributed by atoms with van der Waals surface area (Å²) in [6, 6.07) is 9.53. The van der Waals surface area contributed by atoms with Crippen LogP contribution in [-0.2, 0) is 6.42 Å². The Hall–Kier alpha value is -0.820. The molecule has 82 valence electrons. The smallest absolute Gasteiger partial charge is 0.00788 e. The molecule has 1 heteroatoms. The highest BCUT2D eigenvalue weighted by molar-refractivity contribution is 5.28. The van der Waals surface area contributed by atoms with E-state index in [0.717, 1.165) is 12.3 Å². The van der Waals surface area contributed by atoms with Gasteiger partial charge in [0, 0.05) is 6.04 Å². The zero-order valence-electron chi connectivity index (χ0n) is 9.74. The maximum absolute atomic E-state index is 6.02. The van der Waals surface area contributed by atoms with Crippen LogP contribution in [0.2, 0.25) is 0 Å². The Morgan fingerprint density at radius 2 is 1.87 bits per heavy atom. The fourth-order valence-corrected chi connectivity index (χ4v) is 2.72. The van der Waals surface area contributed by atoms with E-state index in [0.29, 0.717) is 12.0 Å². The van der Waals surface area contributed by atoms with E-state index in [1.165, 1.54) is 24.0 Å². The van der Waals surface area contributed by atoms with Gasteiger partial charge in [-0.05, 0) is 35.8 Å². The summed E-state index contributed by atoms with van der Waals surface area (Å²) in [4.78, 5) is 0. The van der Waals surface area contributed by atoms with Crippen LogP contribution in [0.5, 0.6) is 0 Å². The van der Waals surface area contributed by atoms with Gasteiger partial charge >= 0.3 is 0 Å². The van der Waals surface area contributed by atoms with Gasteiger partial charge in [0.1, 0.15) is 0 Å². The summed E-state index contributed by atoms with van der Waals surface area (Å²) < 4.78 is 0. The van der Waals surface area contributed by atoms with Crippen LogP contribution in [0.25, 0.3) is 0 Å². The van der Waals surface area contributed by atoms with Crippen molar-refractivity contribution < 1.29 is 0 Å². The van der Waals surface area contributed by atoms with Crippen molar-refractivity contribution in [1.82, 2.24) is 0 Å². The third-order valence-corrected chi connectivity index (χ3v) is 3.88. The first-order valence-electron chi connectivity index (χ1n) is 6.10. The Morgan fingerprint density at radius 1 is 1.20 bits per heavy atom. The molecule has 0 amide bonds. The van der Waals surface area contributed by atoms with Gasteiger partial charge in [-0.25, -0.2) is 0 Å². The Balaban J connectivity index is 2.10. The first-order chi connectivity index (χ1) is 7.26. The summed E-state index contributed by atoms with van der Waals surface area (Å²) in [5.74, 6) is 1.42. The maximum atomic E-state index is 6.02. The molecular weight excluding hydrogens is 182 g/mol. The maximum Gasteiger partial charge on any atom is 0.00788 e. The van der Waals surface area contributed by atoms with E-state index < -0.39 is 0 Å². The standard InChI is InChI=1S/C14H21N/c1-3-10-5-7-11(8-6-10)13-9-14(15)12(13)4-2/h5-8,12-14H,3-4,9,15H2,1-2H3. The number of hydrogen-bond acceptors (Lipinski definition) is 1. The topological polar surface area (TPSA) is 26.0 Å². The van der Waals surface area contributed by atoms with Gasteiger partial charge in [0.15, 0.2) is 0 Å². The van der Waals surface area contributed by atoms with Crippen LogP contribution < -0.4 is 5.73 Å². The summed E-state index contributed by atoms with van der Waals surface area (Å²) >= 11 is 0. The normalized spacial score (nSPS) is 29.9. The zero-order chi connectivity index (χ0) is 10.8. The van der Waals surface area contributed by atoms with Crippen molar-refractivity contribution in [3.8, 4) is 0 Å².